The van der Waals surface area contributed by atoms with Crippen molar-refractivity contribution >= 4 is 11.8 Å². The van der Waals surface area contributed by atoms with Gasteiger partial charge in [0.15, 0.2) is 0 Å². The van der Waals surface area contributed by atoms with E-state index in [2.05, 4.69) is 13.8 Å². The van der Waals surface area contributed by atoms with E-state index in [9.17, 15) is 4.79 Å². The molecule has 0 spiro atoms. The van der Waals surface area contributed by atoms with Gasteiger partial charge in [0.2, 0.25) is 0 Å². The summed E-state index contributed by atoms with van der Waals surface area (Å²) in [4.78, 5) is 21.1. The zero-order valence-corrected chi connectivity index (χ0v) is 27.9. The molecule has 3 nitrogen and oxygen atoms in total. The second-order valence-electron chi connectivity index (χ2n) is 12.5. The van der Waals surface area contributed by atoms with E-state index < -0.39 is 5.97 Å². The van der Waals surface area contributed by atoms with Gasteiger partial charge in [-0.2, -0.15) is 0 Å². The number of rotatable bonds is 32. The molecule has 3 heteroatoms. The van der Waals surface area contributed by atoms with Crippen LogP contribution in [0.2, 0.25) is 0 Å². The van der Waals surface area contributed by atoms with E-state index in [0.717, 1.165) is 32.6 Å². The molecule has 0 aliphatic carbocycles. The van der Waals surface area contributed by atoms with Crippen LogP contribution in [0.3, 0.4) is 0 Å². The highest BCUT2D eigenvalue weighted by Gasteiger charge is 2.02. The topological polar surface area (TPSA) is 54.4 Å². The molecule has 0 amide bonds. The van der Waals surface area contributed by atoms with Crippen molar-refractivity contribution in [3.63, 3.8) is 0 Å². The van der Waals surface area contributed by atoms with Crippen molar-refractivity contribution in [1.82, 2.24) is 0 Å². The zero-order chi connectivity index (χ0) is 29.8. The summed E-state index contributed by atoms with van der Waals surface area (Å²) in [6.45, 7) is 5.67. The standard InChI is InChI=1S/C35H70O.C2H4O2/c1-3-5-7-9-11-13-15-17-19-21-23-25-27-29-31-33-35(36)34-32-30-28-26-24-22-20-18-16-14-12-10-8-6-4-2;1-2(3)4/h3-34H2,1-2H3;1H3,(H,3,4). The van der Waals surface area contributed by atoms with Crippen LogP contribution in [-0.2, 0) is 9.59 Å². The van der Waals surface area contributed by atoms with E-state index in [0.29, 0.717) is 5.78 Å². The molecule has 240 valence electrons. The molecule has 0 heterocycles. The molecule has 1 N–H and O–H groups in total. The maximum Gasteiger partial charge on any atom is 0.300 e. The van der Waals surface area contributed by atoms with Gasteiger partial charge in [-0.05, 0) is 12.8 Å². The number of aliphatic carboxylic acids is 1. The van der Waals surface area contributed by atoms with Crippen LogP contribution in [0.25, 0.3) is 0 Å². The van der Waals surface area contributed by atoms with Crippen LogP contribution in [0.4, 0.5) is 0 Å². The first-order chi connectivity index (χ1) is 19.5. The van der Waals surface area contributed by atoms with E-state index in [1.807, 2.05) is 0 Å². The van der Waals surface area contributed by atoms with Gasteiger partial charge in [-0.1, -0.05) is 194 Å². The van der Waals surface area contributed by atoms with E-state index in [1.165, 1.54) is 180 Å². The molecule has 0 aromatic heterocycles. The number of unbranched alkanes of at least 4 members (excludes halogenated alkanes) is 28. The smallest absolute Gasteiger partial charge is 0.300 e. The third kappa shape index (κ3) is 44.2. The molecule has 0 radical (unpaired) electrons. The van der Waals surface area contributed by atoms with Crippen LogP contribution in [0, 0.1) is 0 Å². The molecule has 0 aromatic rings. The summed E-state index contributed by atoms with van der Waals surface area (Å²) in [7, 11) is 0. The van der Waals surface area contributed by atoms with Crippen LogP contribution >= 0.6 is 0 Å². The highest BCUT2D eigenvalue weighted by molar-refractivity contribution is 5.78. The Morgan fingerprint density at radius 2 is 0.500 bits per heavy atom. The van der Waals surface area contributed by atoms with Gasteiger partial charge >= 0.3 is 0 Å². The van der Waals surface area contributed by atoms with Gasteiger partial charge in [-0.15, -0.1) is 0 Å². The first-order valence-electron chi connectivity index (χ1n) is 18.3. The van der Waals surface area contributed by atoms with Crippen LogP contribution in [0.15, 0.2) is 0 Å². The zero-order valence-electron chi connectivity index (χ0n) is 27.9. The minimum atomic E-state index is -0.833. The number of Topliss-reactive ketones (excluding diaryl/α,β-unsaturated/α-hetero) is 1. The highest BCUT2D eigenvalue weighted by atomic mass is 16.4. The molecule has 0 fully saturated rings. The maximum absolute atomic E-state index is 12.1. The molecule has 40 heavy (non-hydrogen) atoms. The molecule has 0 bridgehead atoms. The van der Waals surface area contributed by atoms with E-state index in [-0.39, 0.29) is 0 Å². The summed E-state index contributed by atoms with van der Waals surface area (Å²) in [5.74, 6) is -0.306. The van der Waals surface area contributed by atoms with Crippen LogP contribution < -0.4 is 0 Å². The number of carbonyl (C=O) groups is 2. The Morgan fingerprint density at radius 1 is 0.350 bits per heavy atom. The number of hydrogen-bond acceptors (Lipinski definition) is 2. The van der Waals surface area contributed by atoms with Crippen molar-refractivity contribution < 1.29 is 14.7 Å². The van der Waals surface area contributed by atoms with E-state index in [4.69, 9.17) is 9.90 Å². The second kappa shape index (κ2) is 38.1. The molecule has 0 unspecified atom stereocenters. The molecule has 0 aliphatic heterocycles. The summed E-state index contributed by atoms with van der Waals surface area (Å²) >= 11 is 0. The monoisotopic (exact) mass is 567 g/mol. The fourth-order valence-electron chi connectivity index (χ4n) is 5.51. The van der Waals surface area contributed by atoms with Crippen LogP contribution in [0.5, 0.6) is 0 Å². The molecule has 0 aromatic carbocycles. The van der Waals surface area contributed by atoms with Gasteiger partial charge in [-0.25, -0.2) is 0 Å². The van der Waals surface area contributed by atoms with Gasteiger partial charge in [0.05, 0.1) is 0 Å². The summed E-state index contributed by atoms with van der Waals surface area (Å²) in [6.07, 6.45) is 43.4. The number of carboxylic acids is 1. The van der Waals surface area contributed by atoms with Crippen LogP contribution in [-0.4, -0.2) is 16.9 Å². The second-order valence-corrected chi connectivity index (χ2v) is 12.5. The van der Waals surface area contributed by atoms with E-state index in [1.54, 1.807) is 0 Å². The van der Waals surface area contributed by atoms with Crippen molar-refractivity contribution in [3.8, 4) is 0 Å². The summed E-state index contributed by atoms with van der Waals surface area (Å²) in [5.41, 5.74) is 0. The van der Waals surface area contributed by atoms with Crippen molar-refractivity contribution in [2.75, 3.05) is 0 Å². The van der Waals surface area contributed by atoms with Crippen molar-refractivity contribution in [1.29, 1.82) is 0 Å². The fraction of sp³-hybridized carbons (Fsp3) is 0.946. The Kier molecular flexibility index (Phi) is 39.4. The highest BCUT2D eigenvalue weighted by Crippen LogP contribution is 2.16. The normalized spacial score (nSPS) is 10.9. The Hall–Kier alpha value is -0.860. The number of carboxylic acid groups (broad SMARTS) is 1. The third-order valence-electron chi connectivity index (χ3n) is 8.12. The van der Waals surface area contributed by atoms with Crippen LogP contribution in [0.1, 0.15) is 226 Å². The van der Waals surface area contributed by atoms with Gasteiger partial charge in [0.25, 0.3) is 5.97 Å². The first kappa shape index (κ1) is 41.3. The molecule has 0 saturated heterocycles. The van der Waals surface area contributed by atoms with Gasteiger partial charge < -0.3 is 5.11 Å². The summed E-state index contributed by atoms with van der Waals surface area (Å²) < 4.78 is 0. The molecular weight excluding hydrogens is 492 g/mol. The number of carbonyl (C=O) groups excluding carboxylic acids is 1. The first-order valence-corrected chi connectivity index (χ1v) is 18.3. The predicted molar refractivity (Wildman–Crippen MR) is 177 cm³/mol. The lowest BCUT2D eigenvalue weighted by molar-refractivity contribution is -0.134. The average Bonchev–Trinajstić information content (AvgIpc) is 2.92. The molecule has 0 rings (SSSR count). The largest absolute Gasteiger partial charge is 0.481 e. The fourth-order valence-corrected chi connectivity index (χ4v) is 5.51. The Bertz CT molecular complexity index is 448. The Labute approximate surface area is 252 Å². The minimum Gasteiger partial charge on any atom is -0.481 e. The predicted octanol–water partition coefficient (Wildman–Crippen LogP) is 13.2. The molecule has 0 saturated carbocycles. The minimum absolute atomic E-state index is 0.527. The molecule has 0 aliphatic rings. The molecule has 0 atom stereocenters. The van der Waals surface area contributed by atoms with Gasteiger partial charge in [0, 0.05) is 19.8 Å². The number of ketones is 1. The Morgan fingerprint density at radius 3 is 0.675 bits per heavy atom. The number of hydrogen-bond donors (Lipinski definition) is 1. The summed E-state index contributed by atoms with van der Waals surface area (Å²) in [5, 5.41) is 7.42. The SMILES string of the molecule is CC(=O)O.CCCCCCCCCCCCCCCCCC(=O)CCCCCCCCCCCCCCCCC. The van der Waals surface area contributed by atoms with Crippen molar-refractivity contribution in [2.24, 2.45) is 0 Å². The lowest BCUT2D eigenvalue weighted by Gasteiger charge is -2.04. The lowest BCUT2D eigenvalue weighted by atomic mass is 10.0. The van der Waals surface area contributed by atoms with Crippen molar-refractivity contribution in [2.45, 2.75) is 226 Å². The third-order valence-corrected chi connectivity index (χ3v) is 8.12. The Balaban J connectivity index is 0. The summed E-state index contributed by atoms with van der Waals surface area (Å²) in [6, 6.07) is 0. The van der Waals surface area contributed by atoms with Gasteiger partial charge in [0.1, 0.15) is 5.78 Å². The quantitative estimate of drug-likeness (QED) is 0.0824. The molecular formula is C37H74O3. The van der Waals surface area contributed by atoms with E-state index >= 15 is 0 Å². The average molecular weight is 567 g/mol. The lowest BCUT2D eigenvalue weighted by Crippen LogP contribution is -1.97. The van der Waals surface area contributed by atoms with Gasteiger partial charge in [-0.3, -0.25) is 9.59 Å². The van der Waals surface area contributed by atoms with Crippen molar-refractivity contribution in [3.05, 3.63) is 0 Å². The maximum atomic E-state index is 12.1.